The fourth-order valence-corrected chi connectivity index (χ4v) is 2.77. The Bertz CT molecular complexity index is 804. The summed E-state index contributed by atoms with van der Waals surface area (Å²) in [4.78, 5) is 11.8. The van der Waals surface area contributed by atoms with Gasteiger partial charge in [0.1, 0.15) is 0 Å². The molecule has 3 heteroatoms. The molecular formula is C19H17NO2. The van der Waals surface area contributed by atoms with Crippen molar-refractivity contribution in [3.05, 3.63) is 77.9 Å². The minimum atomic E-state index is -0.812. The third-order valence-electron chi connectivity index (χ3n) is 3.92. The SMILES string of the molecule is Nc1ccc(CC(C(=O)O)c2cccc3ccccc23)cc1. The first-order valence-electron chi connectivity index (χ1n) is 7.20. The molecule has 0 aliphatic carbocycles. The summed E-state index contributed by atoms with van der Waals surface area (Å²) in [7, 11) is 0. The second-order valence-electron chi connectivity index (χ2n) is 5.40. The Kier molecular flexibility index (Phi) is 3.79. The molecule has 3 aromatic carbocycles. The number of carboxylic acid groups (broad SMARTS) is 1. The molecule has 0 saturated carbocycles. The molecule has 22 heavy (non-hydrogen) atoms. The van der Waals surface area contributed by atoms with Gasteiger partial charge in [0.05, 0.1) is 5.92 Å². The molecular weight excluding hydrogens is 274 g/mol. The van der Waals surface area contributed by atoms with Gasteiger partial charge in [0.15, 0.2) is 0 Å². The predicted octanol–water partition coefficient (Wildman–Crippen LogP) is 3.83. The first-order chi connectivity index (χ1) is 10.6. The molecule has 0 radical (unpaired) electrons. The third-order valence-corrected chi connectivity index (χ3v) is 3.92. The van der Waals surface area contributed by atoms with Gasteiger partial charge in [0.2, 0.25) is 0 Å². The van der Waals surface area contributed by atoms with E-state index in [4.69, 9.17) is 5.73 Å². The fraction of sp³-hybridized carbons (Fsp3) is 0.105. The Morgan fingerprint density at radius 2 is 1.64 bits per heavy atom. The predicted molar refractivity (Wildman–Crippen MR) is 88.9 cm³/mol. The molecule has 0 aliphatic rings. The van der Waals surface area contributed by atoms with Gasteiger partial charge in [-0.2, -0.15) is 0 Å². The lowest BCUT2D eigenvalue weighted by Crippen LogP contribution is -2.15. The lowest BCUT2D eigenvalue weighted by Gasteiger charge is -2.15. The van der Waals surface area contributed by atoms with Crippen molar-refractivity contribution in [3.8, 4) is 0 Å². The smallest absolute Gasteiger partial charge is 0.311 e. The number of nitrogen functional groups attached to an aromatic ring is 1. The second-order valence-corrected chi connectivity index (χ2v) is 5.40. The summed E-state index contributed by atoms with van der Waals surface area (Å²) < 4.78 is 0. The van der Waals surface area contributed by atoms with E-state index < -0.39 is 11.9 Å². The van der Waals surface area contributed by atoms with Gasteiger partial charge >= 0.3 is 5.97 Å². The lowest BCUT2D eigenvalue weighted by atomic mass is 9.88. The van der Waals surface area contributed by atoms with Crippen molar-refractivity contribution in [1.29, 1.82) is 0 Å². The molecule has 3 nitrogen and oxygen atoms in total. The van der Waals surface area contributed by atoms with E-state index in [2.05, 4.69) is 0 Å². The monoisotopic (exact) mass is 291 g/mol. The topological polar surface area (TPSA) is 63.3 Å². The van der Waals surface area contributed by atoms with E-state index in [1.165, 1.54) is 0 Å². The minimum absolute atomic E-state index is 0.448. The molecule has 110 valence electrons. The van der Waals surface area contributed by atoms with Gasteiger partial charge in [-0.3, -0.25) is 4.79 Å². The molecule has 0 amide bonds. The fourth-order valence-electron chi connectivity index (χ4n) is 2.77. The normalized spacial score (nSPS) is 12.2. The van der Waals surface area contributed by atoms with Crippen LogP contribution in [-0.2, 0) is 11.2 Å². The van der Waals surface area contributed by atoms with Gasteiger partial charge in [-0.15, -0.1) is 0 Å². The average molecular weight is 291 g/mol. The maximum absolute atomic E-state index is 11.8. The van der Waals surface area contributed by atoms with Crippen LogP contribution in [0.4, 0.5) is 5.69 Å². The standard InChI is InChI=1S/C19H17NO2/c20-15-10-8-13(9-11-15)12-18(19(21)22)17-7-3-5-14-4-1-2-6-16(14)17/h1-11,18H,12,20H2,(H,21,22). The number of aliphatic carboxylic acids is 1. The van der Waals surface area contributed by atoms with Crippen molar-refractivity contribution >= 4 is 22.4 Å². The number of anilines is 1. The zero-order valence-corrected chi connectivity index (χ0v) is 12.1. The lowest BCUT2D eigenvalue weighted by molar-refractivity contribution is -0.138. The van der Waals surface area contributed by atoms with Crippen molar-refractivity contribution in [2.45, 2.75) is 12.3 Å². The first-order valence-corrected chi connectivity index (χ1v) is 7.20. The van der Waals surface area contributed by atoms with Crippen molar-refractivity contribution in [1.82, 2.24) is 0 Å². The number of hydrogen-bond donors (Lipinski definition) is 2. The Morgan fingerprint density at radius 3 is 2.36 bits per heavy atom. The summed E-state index contributed by atoms with van der Waals surface area (Å²) in [5.74, 6) is -1.39. The number of rotatable bonds is 4. The van der Waals surface area contributed by atoms with Crippen LogP contribution in [0.1, 0.15) is 17.0 Å². The second kappa shape index (κ2) is 5.90. The highest BCUT2D eigenvalue weighted by Gasteiger charge is 2.22. The number of hydrogen-bond acceptors (Lipinski definition) is 2. The highest BCUT2D eigenvalue weighted by Crippen LogP contribution is 2.29. The molecule has 3 aromatic rings. The summed E-state index contributed by atoms with van der Waals surface area (Å²) in [5.41, 5.74) is 8.18. The minimum Gasteiger partial charge on any atom is -0.481 e. The molecule has 0 aromatic heterocycles. The van der Waals surface area contributed by atoms with Crippen molar-refractivity contribution in [3.63, 3.8) is 0 Å². The molecule has 0 fully saturated rings. The molecule has 0 heterocycles. The summed E-state index contributed by atoms with van der Waals surface area (Å²) in [6, 6.07) is 21.1. The van der Waals surface area contributed by atoms with Gasteiger partial charge in [0, 0.05) is 5.69 Å². The average Bonchev–Trinajstić information content (AvgIpc) is 2.54. The van der Waals surface area contributed by atoms with Gasteiger partial charge in [-0.1, -0.05) is 54.6 Å². The van der Waals surface area contributed by atoms with E-state index in [0.29, 0.717) is 12.1 Å². The van der Waals surface area contributed by atoms with Crippen LogP contribution in [-0.4, -0.2) is 11.1 Å². The van der Waals surface area contributed by atoms with Crippen LogP contribution < -0.4 is 5.73 Å². The molecule has 0 saturated heterocycles. The summed E-state index contributed by atoms with van der Waals surface area (Å²) >= 11 is 0. The van der Waals surface area contributed by atoms with E-state index in [-0.39, 0.29) is 0 Å². The number of carbonyl (C=O) groups is 1. The molecule has 0 spiro atoms. The highest BCUT2D eigenvalue weighted by molar-refractivity contribution is 5.90. The van der Waals surface area contributed by atoms with Crippen LogP contribution in [0.5, 0.6) is 0 Å². The quantitative estimate of drug-likeness (QED) is 0.718. The molecule has 3 rings (SSSR count). The van der Waals surface area contributed by atoms with Gasteiger partial charge in [-0.05, 0) is 40.5 Å². The molecule has 1 unspecified atom stereocenters. The summed E-state index contributed by atoms with van der Waals surface area (Å²) in [5, 5.41) is 11.7. The molecule has 0 bridgehead atoms. The van der Waals surface area contributed by atoms with Crippen LogP contribution in [0.2, 0.25) is 0 Å². The van der Waals surface area contributed by atoms with Crippen LogP contribution in [0.15, 0.2) is 66.7 Å². The Hall–Kier alpha value is -2.81. The van der Waals surface area contributed by atoms with E-state index in [1.807, 2.05) is 54.6 Å². The molecule has 3 N–H and O–H groups in total. The first kappa shape index (κ1) is 14.1. The van der Waals surface area contributed by atoms with E-state index >= 15 is 0 Å². The zero-order chi connectivity index (χ0) is 15.5. The number of carboxylic acids is 1. The third kappa shape index (κ3) is 2.79. The van der Waals surface area contributed by atoms with Gasteiger partial charge in [-0.25, -0.2) is 0 Å². The Labute approximate surface area is 129 Å². The largest absolute Gasteiger partial charge is 0.481 e. The Balaban J connectivity index is 2.03. The van der Waals surface area contributed by atoms with E-state index in [0.717, 1.165) is 21.9 Å². The summed E-state index contributed by atoms with van der Waals surface area (Å²) in [6.07, 6.45) is 0.448. The van der Waals surface area contributed by atoms with Gasteiger partial charge < -0.3 is 10.8 Å². The van der Waals surface area contributed by atoms with Crippen molar-refractivity contribution < 1.29 is 9.90 Å². The number of benzene rings is 3. The van der Waals surface area contributed by atoms with E-state index in [1.54, 1.807) is 12.1 Å². The summed E-state index contributed by atoms with van der Waals surface area (Å²) in [6.45, 7) is 0. The molecule has 0 aliphatic heterocycles. The number of fused-ring (bicyclic) bond motifs is 1. The maximum atomic E-state index is 11.8. The Morgan fingerprint density at radius 1 is 0.955 bits per heavy atom. The van der Waals surface area contributed by atoms with Gasteiger partial charge in [0.25, 0.3) is 0 Å². The van der Waals surface area contributed by atoms with Crippen LogP contribution in [0, 0.1) is 0 Å². The highest BCUT2D eigenvalue weighted by atomic mass is 16.4. The van der Waals surface area contributed by atoms with Crippen LogP contribution in [0.3, 0.4) is 0 Å². The number of nitrogens with two attached hydrogens (primary N) is 1. The molecule has 1 atom stereocenters. The van der Waals surface area contributed by atoms with Crippen LogP contribution in [0.25, 0.3) is 10.8 Å². The van der Waals surface area contributed by atoms with Crippen molar-refractivity contribution in [2.24, 2.45) is 0 Å². The van der Waals surface area contributed by atoms with E-state index in [9.17, 15) is 9.90 Å². The van der Waals surface area contributed by atoms with Crippen LogP contribution >= 0.6 is 0 Å². The van der Waals surface area contributed by atoms with Crippen molar-refractivity contribution in [2.75, 3.05) is 5.73 Å². The zero-order valence-electron chi connectivity index (χ0n) is 12.1. The maximum Gasteiger partial charge on any atom is 0.311 e.